The highest BCUT2D eigenvalue weighted by atomic mass is 35.5. The number of piperidine rings is 1. The molecule has 0 spiro atoms. The Morgan fingerprint density at radius 2 is 1.65 bits per heavy atom. The molecule has 0 unspecified atom stereocenters. The van der Waals surface area contributed by atoms with Crippen molar-refractivity contribution >= 4 is 29.1 Å². The number of hydrogen-bond donors (Lipinski definition) is 1. The van der Waals surface area contributed by atoms with Crippen LogP contribution in [0.25, 0.3) is 10.8 Å². The molecule has 0 amide bonds. The van der Waals surface area contributed by atoms with Crippen LogP contribution in [-0.2, 0) is 4.74 Å². The molecule has 3 aromatic carbocycles. The van der Waals surface area contributed by atoms with Gasteiger partial charge in [0.1, 0.15) is 6.10 Å². The third-order valence-corrected chi connectivity index (χ3v) is 4.92. The van der Waals surface area contributed by atoms with Gasteiger partial charge in [0.05, 0.1) is 5.56 Å². The molecule has 1 aliphatic heterocycles. The van der Waals surface area contributed by atoms with Crippen LogP contribution in [0.3, 0.4) is 0 Å². The molecule has 0 bridgehead atoms. The molecule has 3 aromatic rings. The Balaban J connectivity index is 0.00000196. The standard InChI is InChI=1S/C22H21NO2.ClH/c24-22(20-12-6-10-16-9-4-5-11-18(16)20)25-21-15-23-14-13-19(21)17-7-2-1-3-8-17;/h1-12,19,21,23H,13-15H2;1H/t19-,21+;/m1./s1. The molecule has 1 fully saturated rings. The van der Waals surface area contributed by atoms with Crippen LogP contribution >= 0.6 is 12.4 Å². The number of fused-ring (bicyclic) bond motifs is 1. The average molecular weight is 368 g/mol. The van der Waals surface area contributed by atoms with Gasteiger partial charge in [-0.2, -0.15) is 0 Å². The molecule has 1 heterocycles. The Labute approximate surface area is 159 Å². The van der Waals surface area contributed by atoms with Crippen molar-refractivity contribution in [3.63, 3.8) is 0 Å². The predicted molar refractivity (Wildman–Crippen MR) is 107 cm³/mol. The summed E-state index contributed by atoms with van der Waals surface area (Å²) in [4.78, 5) is 12.9. The van der Waals surface area contributed by atoms with Crippen LogP contribution in [0, 0.1) is 0 Å². The van der Waals surface area contributed by atoms with Crippen LogP contribution in [0.15, 0.2) is 72.8 Å². The highest BCUT2D eigenvalue weighted by molar-refractivity contribution is 6.04. The number of benzene rings is 3. The number of hydrogen-bond acceptors (Lipinski definition) is 3. The first-order chi connectivity index (χ1) is 12.3. The van der Waals surface area contributed by atoms with Gasteiger partial charge in [-0.1, -0.05) is 66.7 Å². The van der Waals surface area contributed by atoms with Gasteiger partial charge in [0.25, 0.3) is 0 Å². The van der Waals surface area contributed by atoms with Crippen LogP contribution < -0.4 is 5.32 Å². The molecule has 4 heteroatoms. The lowest BCUT2D eigenvalue weighted by Crippen LogP contribution is -2.42. The largest absolute Gasteiger partial charge is 0.457 e. The van der Waals surface area contributed by atoms with Gasteiger partial charge in [-0.15, -0.1) is 12.4 Å². The van der Waals surface area contributed by atoms with Crippen molar-refractivity contribution in [1.82, 2.24) is 5.32 Å². The van der Waals surface area contributed by atoms with Gasteiger partial charge in [0.2, 0.25) is 0 Å². The summed E-state index contributed by atoms with van der Waals surface area (Å²) in [6, 6.07) is 24.0. The second kappa shape index (κ2) is 8.35. The van der Waals surface area contributed by atoms with E-state index in [9.17, 15) is 4.79 Å². The molecule has 1 N–H and O–H groups in total. The van der Waals surface area contributed by atoms with Crippen LogP contribution in [0.2, 0.25) is 0 Å². The zero-order valence-corrected chi connectivity index (χ0v) is 15.2. The first kappa shape index (κ1) is 18.4. The fourth-order valence-electron chi connectivity index (χ4n) is 3.64. The van der Waals surface area contributed by atoms with Crippen molar-refractivity contribution in [2.24, 2.45) is 0 Å². The Morgan fingerprint density at radius 3 is 2.50 bits per heavy atom. The number of nitrogens with one attached hydrogen (secondary N) is 1. The molecule has 0 aliphatic carbocycles. The normalized spacial score (nSPS) is 19.5. The lowest BCUT2D eigenvalue weighted by Gasteiger charge is -2.32. The van der Waals surface area contributed by atoms with Crippen LogP contribution in [0.1, 0.15) is 28.3 Å². The summed E-state index contributed by atoms with van der Waals surface area (Å²) in [6.45, 7) is 1.64. The minimum atomic E-state index is -0.244. The van der Waals surface area contributed by atoms with Crippen LogP contribution in [0.5, 0.6) is 0 Å². The van der Waals surface area contributed by atoms with Crippen molar-refractivity contribution in [2.45, 2.75) is 18.4 Å². The third-order valence-electron chi connectivity index (χ3n) is 4.92. The van der Waals surface area contributed by atoms with Crippen molar-refractivity contribution in [3.8, 4) is 0 Å². The fourth-order valence-corrected chi connectivity index (χ4v) is 3.64. The maximum absolute atomic E-state index is 12.9. The van der Waals surface area contributed by atoms with Crippen LogP contribution in [-0.4, -0.2) is 25.2 Å². The molecule has 4 rings (SSSR count). The van der Waals surface area contributed by atoms with Gasteiger partial charge >= 0.3 is 5.97 Å². The molecular weight excluding hydrogens is 346 g/mol. The summed E-state index contributed by atoms with van der Waals surface area (Å²) in [7, 11) is 0. The molecule has 1 saturated heterocycles. The van der Waals surface area contributed by atoms with Crippen molar-refractivity contribution < 1.29 is 9.53 Å². The van der Waals surface area contributed by atoms with Crippen LogP contribution in [0.4, 0.5) is 0 Å². The number of carbonyl (C=O) groups excluding carboxylic acids is 1. The quantitative estimate of drug-likeness (QED) is 0.689. The molecular formula is C22H22ClNO2. The van der Waals surface area contributed by atoms with Gasteiger partial charge < -0.3 is 10.1 Å². The van der Waals surface area contributed by atoms with E-state index in [4.69, 9.17) is 4.74 Å². The first-order valence-corrected chi connectivity index (χ1v) is 8.77. The average Bonchev–Trinajstić information content (AvgIpc) is 2.68. The van der Waals surface area contributed by atoms with E-state index in [0.717, 1.165) is 23.7 Å². The van der Waals surface area contributed by atoms with Gasteiger partial charge in [0.15, 0.2) is 0 Å². The predicted octanol–water partition coefficient (Wildman–Crippen LogP) is 4.56. The highest BCUT2D eigenvalue weighted by Gasteiger charge is 2.30. The molecule has 3 nitrogen and oxygen atoms in total. The molecule has 1 aliphatic rings. The van der Waals surface area contributed by atoms with E-state index in [0.29, 0.717) is 12.1 Å². The monoisotopic (exact) mass is 367 g/mol. The van der Waals surface area contributed by atoms with E-state index in [1.807, 2.05) is 60.7 Å². The summed E-state index contributed by atoms with van der Waals surface area (Å²) < 4.78 is 5.95. The maximum Gasteiger partial charge on any atom is 0.339 e. The fraction of sp³-hybridized carbons (Fsp3) is 0.227. The van der Waals surface area contributed by atoms with E-state index in [-0.39, 0.29) is 30.4 Å². The number of rotatable bonds is 3. The molecule has 26 heavy (non-hydrogen) atoms. The second-order valence-corrected chi connectivity index (χ2v) is 6.48. The van der Waals surface area contributed by atoms with E-state index in [1.165, 1.54) is 5.56 Å². The lowest BCUT2D eigenvalue weighted by molar-refractivity contribution is 0.0185. The molecule has 134 valence electrons. The molecule has 0 aromatic heterocycles. The van der Waals surface area contributed by atoms with Crippen molar-refractivity contribution in [2.75, 3.05) is 13.1 Å². The summed E-state index contributed by atoms with van der Waals surface area (Å²) in [6.07, 6.45) is 0.819. The van der Waals surface area contributed by atoms with E-state index in [1.54, 1.807) is 0 Å². The Bertz CT molecular complexity index is 876. The zero-order chi connectivity index (χ0) is 17.1. The van der Waals surface area contributed by atoms with E-state index >= 15 is 0 Å². The smallest absolute Gasteiger partial charge is 0.339 e. The maximum atomic E-state index is 12.9. The first-order valence-electron chi connectivity index (χ1n) is 8.77. The van der Waals surface area contributed by atoms with E-state index < -0.39 is 0 Å². The number of halogens is 1. The lowest BCUT2D eigenvalue weighted by atomic mass is 9.88. The zero-order valence-electron chi connectivity index (χ0n) is 14.4. The summed E-state index contributed by atoms with van der Waals surface area (Å²) in [5, 5.41) is 5.35. The minimum absolute atomic E-state index is 0. The van der Waals surface area contributed by atoms with Gasteiger partial charge in [0, 0.05) is 12.5 Å². The Morgan fingerprint density at radius 1 is 0.923 bits per heavy atom. The topological polar surface area (TPSA) is 38.3 Å². The molecule has 0 radical (unpaired) electrons. The third kappa shape index (κ3) is 3.74. The number of carbonyl (C=O) groups is 1. The van der Waals surface area contributed by atoms with Gasteiger partial charge in [-0.3, -0.25) is 0 Å². The van der Waals surface area contributed by atoms with Gasteiger partial charge in [-0.05, 0) is 35.4 Å². The second-order valence-electron chi connectivity index (χ2n) is 6.48. The number of esters is 1. The minimum Gasteiger partial charge on any atom is -0.457 e. The number of ether oxygens (including phenoxy) is 1. The van der Waals surface area contributed by atoms with Gasteiger partial charge in [-0.25, -0.2) is 4.79 Å². The summed E-state index contributed by atoms with van der Waals surface area (Å²) in [5.74, 6) is -0.00666. The SMILES string of the molecule is Cl.O=C(O[C@H]1CNCC[C@@H]1c1ccccc1)c1cccc2ccccc12. The Kier molecular flexibility index (Phi) is 5.92. The summed E-state index contributed by atoms with van der Waals surface area (Å²) in [5.41, 5.74) is 1.87. The highest BCUT2D eigenvalue weighted by Crippen LogP contribution is 2.29. The van der Waals surface area contributed by atoms with Crippen molar-refractivity contribution in [3.05, 3.63) is 83.9 Å². The Hall–Kier alpha value is -2.36. The molecule has 2 atom stereocenters. The summed E-state index contributed by atoms with van der Waals surface area (Å²) >= 11 is 0. The van der Waals surface area contributed by atoms with Crippen molar-refractivity contribution in [1.29, 1.82) is 0 Å². The molecule has 0 saturated carbocycles. The van der Waals surface area contributed by atoms with E-state index in [2.05, 4.69) is 17.4 Å².